The topological polar surface area (TPSA) is 43.6 Å². The van der Waals surface area contributed by atoms with Crippen LogP contribution in [-0.4, -0.2) is 19.5 Å². The van der Waals surface area contributed by atoms with Crippen molar-refractivity contribution in [1.29, 1.82) is 0 Å². The first-order valence-electron chi connectivity index (χ1n) is 17.7. The molecule has 0 atom stereocenters. The second-order valence-corrected chi connectivity index (χ2v) is 13.2. The molecule has 0 aliphatic heterocycles. The molecule has 0 N–H and O–H groups in total. The van der Waals surface area contributed by atoms with Gasteiger partial charge in [0.2, 0.25) is 5.95 Å². The van der Waals surface area contributed by atoms with Crippen LogP contribution >= 0.6 is 0 Å². The first-order chi connectivity index (χ1) is 25.7. The lowest BCUT2D eigenvalue weighted by molar-refractivity contribution is 0.954. The van der Waals surface area contributed by atoms with Crippen LogP contribution in [0, 0.1) is 0 Å². The van der Waals surface area contributed by atoms with Crippen LogP contribution in [0.5, 0.6) is 0 Å². The summed E-state index contributed by atoms with van der Waals surface area (Å²) in [7, 11) is 0. The molecule has 0 saturated heterocycles. The lowest BCUT2D eigenvalue weighted by Gasteiger charge is -2.12. The fraction of sp³-hybridized carbons (Fsp3) is 0.0208. The maximum absolute atomic E-state index is 5.28. The van der Waals surface area contributed by atoms with E-state index in [4.69, 9.17) is 15.0 Å². The molecule has 0 amide bonds. The predicted octanol–water partition coefficient (Wildman–Crippen LogP) is 12.5. The molecule has 10 aromatic rings. The van der Waals surface area contributed by atoms with Crippen molar-refractivity contribution in [2.45, 2.75) is 6.92 Å². The zero-order valence-corrected chi connectivity index (χ0v) is 28.5. The van der Waals surface area contributed by atoms with Gasteiger partial charge < -0.3 is 0 Å². The Balaban J connectivity index is 1.25. The molecule has 0 saturated carbocycles. The van der Waals surface area contributed by atoms with Gasteiger partial charge in [-0.2, -0.15) is 9.97 Å². The molecule has 0 radical (unpaired) electrons. The van der Waals surface area contributed by atoms with Gasteiger partial charge >= 0.3 is 0 Å². The van der Waals surface area contributed by atoms with Gasteiger partial charge in [-0.05, 0) is 74.1 Å². The molecule has 0 fully saturated rings. The average Bonchev–Trinajstić information content (AvgIpc) is 3.53. The second-order valence-electron chi connectivity index (χ2n) is 13.2. The van der Waals surface area contributed by atoms with Crippen LogP contribution < -0.4 is 0 Å². The van der Waals surface area contributed by atoms with Crippen LogP contribution in [0.4, 0.5) is 0 Å². The normalized spacial score (nSPS) is 11.9. The number of allylic oxidation sites excluding steroid dienone is 1. The van der Waals surface area contributed by atoms with E-state index in [-0.39, 0.29) is 0 Å². The van der Waals surface area contributed by atoms with Gasteiger partial charge in [0.05, 0.1) is 11.0 Å². The van der Waals surface area contributed by atoms with Crippen molar-refractivity contribution >= 4 is 60.2 Å². The van der Waals surface area contributed by atoms with Crippen LogP contribution in [0.2, 0.25) is 0 Å². The summed E-state index contributed by atoms with van der Waals surface area (Å²) in [5.74, 6) is 1.83. The molecular formula is C48H32N4. The summed E-state index contributed by atoms with van der Waals surface area (Å²) in [6.07, 6.45) is 4.29. The molecule has 0 aliphatic carbocycles. The average molecular weight is 665 g/mol. The number of aromatic nitrogens is 4. The van der Waals surface area contributed by atoms with Gasteiger partial charge in [-0.25, -0.2) is 4.98 Å². The van der Waals surface area contributed by atoms with Gasteiger partial charge in [-0.1, -0.05) is 158 Å². The number of rotatable bonds is 5. The quantitative estimate of drug-likeness (QED) is 0.184. The molecule has 4 heteroatoms. The first kappa shape index (κ1) is 30.0. The third-order valence-corrected chi connectivity index (χ3v) is 10.1. The highest BCUT2D eigenvalue weighted by Gasteiger charge is 2.21. The third kappa shape index (κ3) is 4.88. The Morgan fingerprint density at radius 3 is 1.79 bits per heavy atom. The zero-order chi connectivity index (χ0) is 34.6. The van der Waals surface area contributed by atoms with Crippen molar-refractivity contribution in [2.24, 2.45) is 0 Å². The maximum Gasteiger partial charge on any atom is 0.238 e. The van der Waals surface area contributed by atoms with E-state index in [2.05, 4.69) is 169 Å². The minimum absolute atomic E-state index is 0.582. The van der Waals surface area contributed by atoms with Gasteiger partial charge in [-0.3, -0.25) is 4.57 Å². The molecule has 10 rings (SSSR count). The third-order valence-electron chi connectivity index (χ3n) is 10.1. The molecule has 2 heterocycles. The summed E-state index contributed by atoms with van der Waals surface area (Å²) in [6, 6.07) is 57.9. The van der Waals surface area contributed by atoms with Gasteiger partial charge in [0.15, 0.2) is 11.6 Å². The smallest absolute Gasteiger partial charge is 0.238 e. The molecule has 0 aliphatic rings. The number of fused-ring (bicyclic) bond motifs is 7. The maximum atomic E-state index is 5.28. The van der Waals surface area contributed by atoms with Gasteiger partial charge in [0.25, 0.3) is 0 Å². The van der Waals surface area contributed by atoms with E-state index >= 15 is 0 Å². The highest BCUT2D eigenvalue weighted by atomic mass is 15.2. The molecule has 2 aromatic heterocycles. The standard InChI is InChI=1S/C48H32N4/c1-2-13-37-30-44-45(41-22-11-10-21-40(37)41)42-28-35-17-6-7-18-36(35)29-43(42)52(44)48-50-46(33-15-4-3-5-16-33)49-47(51-48)34-26-24-32(25-27-34)39-23-12-19-31-14-8-9-20-38(31)39/h2-30H,1H3/b13-2+. The highest BCUT2D eigenvalue weighted by molar-refractivity contribution is 6.24. The molecule has 0 bridgehead atoms. The van der Waals surface area contributed by atoms with Crippen LogP contribution in [0.25, 0.3) is 100 Å². The monoisotopic (exact) mass is 664 g/mol. The van der Waals surface area contributed by atoms with Gasteiger partial charge in [0, 0.05) is 21.9 Å². The first-order valence-corrected chi connectivity index (χ1v) is 17.7. The summed E-state index contributed by atoms with van der Waals surface area (Å²) < 4.78 is 2.23. The van der Waals surface area contributed by atoms with E-state index in [1.54, 1.807) is 0 Å². The SMILES string of the molecule is C/C=C/c1cc2c(c3ccccc13)c1cc3ccccc3cc1n2-c1nc(-c2ccccc2)nc(-c2ccc(-c3cccc4ccccc34)cc2)n1. The van der Waals surface area contributed by atoms with E-state index < -0.39 is 0 Å². The second kappa shape index (κ2) is 12.1. The van der Waals surface area contributed by atoms with E-state index in [1.165, 1.54) is 48.7 Å². The molecule has 8 aromatic carbocycles. The lowest BCUT2D eigenvalue weighted by Crippen LogP contribution is -2.06. The number of hydrogen-bond acceptors (Lipinski definition) is 3. The lowest BCUT2D eigenvalue weighted by atomic mass is 9.97. The fourth-order valence-corrected chi connectivity index (χ4v) is 7.71. The van der Waals surface area contributed by atoms with Crippen molar-refractivity contribution in [2.75, 3.05) is 0 Å². The van der Waals surface area contributed by atoms with E-state index in [9.17, 15) is 0 Å². The van der Waals surface area contributed by atoms with Crippen molar-refractivity contribution in [3.8, 4) is 39.9 Å². The summed E-state index contributed by atoms with van der Waals surface area (Å²) in [6.45, 7) is 2.07. The molecule has 0 spiro atoms. The fourth-order valence-electron chi connectivity index (χ4n) is 7.71. The van der Waals surface area contributed by atoms with Gasteiger partial charge in [0.1, 0.15) is 0 Å². The Bertz CT molecular complexity index is 3010. The summed E-state index contributed by atoms with van der Waals surface area (Å²) >= 11 is 0. The van der Waals surface area contributed by atoms with Gasteiger partial charge in [-0.15, -0.1) is 0 Å². The highest BCUT2D eigenvalue weighted by Crippen LogP contribution is 2.40. The van der Waals surface area contributed by atoms with Crippen LogP contribution in [-0.2, 0) is 0 Å². The predicted molar refractivity (Wildman–Crippen MR) is 218 cm³/mol. The Morgan fingerprint density at radius 1 is 0.442 bits per heavy atom. The van der Waals surface area contributed by atoms with Crippen molar-refractivity contribution in [1.82, 2.24) is 19.5 Å². The Hall–Kier alpha value is -6.91. The number of nitrogens with zero attached hydrogens (tertiary/aromatic N) is 4. The Kier molecular flexibility index (Phi) is 7.00. The van der Waals surface area contributed by atoms with Crippen LogP contribution in [0.15, 0.2) is 170 Å². The summed E-state index contributed by atoms with van der Waals surface area (Å²) in [5.41, 5.74) is 7.48. The molecule has 244 valence electrons. The van der Waals surface area contributed by atoms with E-state index in [0.29, 0.717) is 17.6 Å². The van der Waals surface area contributed by atoms with Crippen molar-refractivity contribution in [3.63, 3.8) is 0 Å². The zero-order valence-electron chi connectivity index (χ0n) is 28.5. The molecule has 4 nitrogen and oxygen atoms in total. The number of hydrogen-bond donors (Lipinski definition) is 0. The van der Waals surface area contributed by atoms with Crippen molar-refractivity contribution in [3.05, 3.63) is 175 Å². The number of benzene rings is 8. The Labute approximate surface area is 301 Å². The Morgan fingerprint density at radius 2 is 1.04 bits per heavy atom. The van der Waals surface area contributed by atoms with Crippen LogP contribution in [0.1, 0.15) is 12.5 Å². The van der Waals surface area contributed by atoms with Crippen LogP contribution in [0.3, 0.4) is 0 Å². The largest absolute Gasteiger partial charge is 0.278 e. The summed E-state index contributed by atoms with van der Waals surface area (Å²) in [4.78, 5) is 15.6. The van der Waals surface area contributed by atoms with Crippen molar-refractivity contribution < 1.29 is 0 Å². The minimum atomic E-state index is 0.582. The van der Waals surface area contributed by atoms with E-state index in [0.717, 1.165) is 33.3 Å². The minimum Gasteiger partial charge on any atom is -0.278 e. The molecule has 0 unspecified atom stereocenters. The summed E-state index contributed by atoms with van der Waals surface area (Å²) in [5, 5.41) is 9.59. The van der Waals surface area contributed by atoms with E-state index in [1.807, 2.05) is 18.2 Å². The molecular weight excluding hydrogens is 633 g/mol. The molecule has 52 heavy (non-hydrogen) atoms.